The molecule has 0 bridgehead atoms. The lowest BCUT2D eigenvalue weighted by Crippen LogP contribution is -2.35. The maximum Gasteiger partial charge on any atom is 0.275 e. The summed E-state index contributed by atoms with van der Waals surface area (Å²) in [4.78, 5) is 24.6. The molecule has 1 aliphatic heterocycles. The Hall–Kier alpha value is -3.96. The van der Waals surface area contributed by atoms with Gasteiger partial charge in [0.1, 0.15) is 10.7 Å². The molecular weight excluding hydrogens is 548 g/mol. The fraction of sp³-hybridized carbons (Fsp3) is 0.312. The van der Waals surface area contributed by atoms with E-state index in [1.165, 1.54) is 16.9 Å². The minimum absolute atomic E-state index is 0.277. The van der Waals surface area contributed by atoms with Crippen LogP contribution in [-0.2, 0) is 17.8 Å². The molecule has 1 amide bonds. The van der Waals surface area contributed by atoms with Crippen molar-refractivity contribution in [1.82, 2.24) is 24.6 Å². The van der Waals surface area contributed by atoms with E-state index in [2.05, 4.69) is 44.5 Å². The van der Waals surface area contributed by atoms with E-state index in [1.54, 1.807) is 31.6 Å². The van der Waals surface area contributed by atoms with E-state index in [9.17, 15) is 9.90 Å². The Morgan fingerprint density at radius 2 is 1.93 bits per heavy atom. The summed E-state index contributed by atoms with van der Waals surface area (Å²) in [6.45, 7) is 8.46. The van der Waals surface area contributed by atoms with Gasteiger partial charge in [0.15, 0.2) is 0 Å². The molecule has 0 radical (unpaired) electrons. The lowest BCUT2D eigenvalue weighted by Gasteiger charge is -2.26. The monoisotopic (exact) mass is 582 g/mol. The summed E-state index contributed by atoms with van der Waals surface area (Å²) in [5.41, 5.74) is 5.05. The Labute approximate surface area is 248 Å². The van der Waals surface area contributed by atoms with Crippen LogP contribution in [0.15, 0.2) is 72.5 Å². The van der Waals surface area contributed by atoms with Gasteiger partial charge in [-0.15, -0.1) is 11.3 Å². The van der Waals surface area contributed by atoms with E-state index in [1.807, 2.05) is 35.1 Å². The van der Waals surface area contributed by atoms with Crippen LogP contribution in [0.1, 0.15) is 36.3 Å². The van der Waals surface area contributed by atoms with Crippen molar-refractivity contribution in [3.63, 3.8) is 0 Å². The van der Waals surface area contributed by atoms with Crippen molar-refractivity contribution in [1.29, 1.82) is 0 Å². The van der Waals surface area contributed by atoms with E-state index in [0.29, 0.717) is 24.3 Å². The number of anilines is 1. The van der Waals surface area contributed by atoms with E-state index in [0.717, 1.165) is 65.4 Å². The highest BCUT2D eigenvalue weighted by molar-refractivity contribution is 7.13. The summed E-state index contributed by atoms with van der Waals surface area (Å²) < 4.78 is 7.33. The molecule has 1 saturated heterocycles. The van der Waals surface area contributed by atoms with Crippen LogP contribution in [0, 0.1) is 0 Å². The SMILES string of the molecule is CC(C)(O)CCn1cc2cc(NC(=O)c3csc(-c4cccnc4)n3)c(-c3ccc(CN4CCOCC4)cc3)cc2n1. The maximum atomic E-state index is 13.4. The summed E-state index contributed by atoms with van der Waals surface area (Å²) in [6.07, 6.45) is 5.98. The lowest BCUT2D eigenvalue weighted by molar-refractivity contribution is 0.0342. The van der Waals surface area contributed by atoms with E-state index in [-0.39, 0.29) is 5.91 Å². The van der Waals surface area contributed by atoms with Crippen LogP contribution in [0.2, 0.25) is 0 Å². The van der Waals surface area contributed by atoms with Crippen LogP contribution in [0.3, 0.4) is 0 Å². The fourth-order valence-electron chi connectivity index (χ4n) is 4.96. The fourth-order valence-corrected chi connectivity index (χ4v) is 5.75. The molecule has 2 N–H and O–H groups in total. The minimum Gasteiger partial charge on any atom is -0.390 e. The van der Waals surface area contributed by atoms with Gasteiger partial charge in [-0.3, -0.25) is 19.4 Å². The molecule has 1 fully saturated rings. The Kier molecular flexibility index (Phi) is 8.12. The minimum atomic E-state index is -0.784. The molecule has 3 aromatic heterocycles. The topological polar surface area (TPSA) is 105 Å². The number of morpholine rings is 1. The molecule has 5 aromatic rings. The molecule has 2 aromatic carbocycles. The first-order valence-corrected chi connectivity index (χ1v) is 15.0. The molecular formula is C32H34N6O3S. The summed E-state index contributed by atoms with van der Waals surface area (Å²) in [7, 11) is 0. The van der Waals surface area contributed by atoms with Gasteiger partial charge in [0.25, 0.3) is 5.91 Å². The number of hydrogen-bond acceptors (Lipinski definition) is 8. The largest absolute Gasteiger partial charge is 0.390 e. The van der Waals surface area contributed by atoms with Crippen molar-refractivity contribution in [3.8, 4) is 21.7 Å². The van der Waals surface area contributed by atoms with Crippen LogP contribution in [0.4, 0.5) is 5.69 Å². The number of aliphatic hydroxyl groups is 1. The first kappa shape index (κ1) is 28.2. The molecule has 0 saturated carbocycles. The first-order chi connectivity index (χ1) is 20.3. The summed E-state index contributed by atoms with van der Waals surface area (Å²) in [5, 5.41) is 21.5. The number of aromatic nitrogens is 4. The number of thiazole rings is 1. The zero-order valence-electron chi connectivity index (χ0n) is 23.8. The van der Waals surface area contributed by atoms with Crippen LogP contribution >= 0.6 is 11.3 Å². The number of pyridine rings is 1. The third kappa shape index (κ3) is 6.74. The molecule has 0 aliphatic carbocycles. The number of fused-ring (bicyclic) bond motifs is 1. The highest BCUT2D eigenvalue weighted by Crippen LogP contribution is 2.33. The van der Waals surface area contributed by atoms with Gasteiger partial charge < -0.3 is 15.2 Å². The van der Waals surface area contributed by atoms with Gasteiger partial charge in [0.05, 0.1) is 24.3 Å². The molecule has 6 rings (SSSR count). The summed E-state index contributed by atoms with van der Waals surface area (Å²) >= 11 is 1.41. The number of aryl methyl sites for hydroxylation is 1. The van der Waals surface area contributed by atoms with Gasteiger partial charge in [-0.25, -0.2) is 4.98 Å². The Morgan fingerprint density at radius 1 is 1.12 bits per heavy atom. The second-order valence-corrected chi connectivity index (χ2v) is 12.1. The van der Waals surface area contributed by atoms with Crippen LogP contribution < -0.4 is 5.32 Å². The Balaban J connectivity index is 1.30. The highest BCUT2D eigenvalue weighted by Gasteiger charge is 2.18. The van der Waals surface area contributed by atoms with Gasteiger partial charge in [-0.1, -0.05) is 24.3 Å². The molecule has 9 nitrogen and oxygen atoms in total. The molecule has 0 spiro atoms. The van der Waals surface area contributed by atoms with Gasteiger partial charge in [0, 0.05) is 72.4 Å². The zero-order valence-corrected chi connectivity index (χ0v) is 24.6. The van der Waals surface area contributed by atoms with Gasteiger partial charge in [-0.05, 0) is 55.7 Å². The summed E-state index contributed by atoms with van der Waals surface area (Å²) in [5.74, 6) is -0.277. The lowest BCUT2D eigenvalue weighted by atomic mass is 10.00. The molecule has 10 heteroatoms. The van der Waals surface area contributed by atoms with Crippen LogP contribution in [0.5, 0.6) is 0 Å². The second-order valence-electron chi connectivity index (χ2n) is 11.2. The normalized spacial score (nSPS) is 14.4. The standard InChI is InChI=1S/C32H34N6O3S/c1-32(2,40)9-11-38-20-25-16-28(34-30(39)29-21-42-31(35-29)24-4-3-10-33-18-24)26(17-27(25)36-38)23-7-5-22(6-8-23)19-37-12-14-41-15-13-37/h3-8,10,16-18,20-21,40H,9,11-15,19H2,1-2H3,(H,34,39). The predicted octanol–water partition coefficient (Wildman–Crippen LogP) is 5.47. The van der Waals surface area contributed by atoms with E-state index < -0.39 is 5.60 Å². The number of benzene rings is 2. The number of amides is 1. The number of carbonyl (C=O) groups is 1. The Bertz CT molecular complexity index is 1670. The van der Waals surface area contributed by atoms with Crippen molar-refractivity contribution in [2.45, 2.75) is 39.0 Å². The zero-order chi connectivity index (χ0) is 29.1. The third-order valence-electron chi connectivity index (χ3n) is 7.31. The first-order valence-electron chi connectivity index (χ1n) is 14.1. The van der Waals surface area contributed by atoms with Crippen molar-refractivity contribution in [3.05, 3.63) is 83.8 Å². The molecule has 42 heavy (non-hydrogen) atoms. The smallest absolute Gasteiger partial charge is 0.275 e. The van der Waals surface area contributed by atoms with E-state index >= 15 is 0 Å². The van der Waals surface area contributed by atoms with Crippen LogP contribution in [-0.4, -0.2) is 67.6 Å². The number of rotatable bonds is 9. The molecule has 4 heterocycles. The van der Waals surface area contributed by atoms with Gasteiger partial charge in [0.2, 0.25) is 0 Å². The quantitative estimate of drug-likeness (QED) is 0.238. The number of carbonyl (C=O) groups excluding carboxylic acids is 1. The summed E-state index contributed by atoms with van der Waals surface area (Å²) in [6, 6.07) is 16.2. The number of ether oxygens (including phenoxy) is 1. The van der Waals surface area contributed by atoms with Crippen molar-refractivity contribution >= 4 is 33.8 Å². The second kappa shape index (κ2) is 12.1. The average Bonchev–Trinajstić information content (AvgIpc) is 3.64. The van der Waals surface area contributed by atoms with Crippen molar-refractivity contribution in [2.75, 3.05) is 31.6 Å². The molecule has 1 aliphatic rings. The predicted molar refractivity (Wildman–Crippen MR) is 165 cm³/mol. The number of nitrogens with one attached hydrogen (secondary N) is 1. The highest BCUT2D eigenvalue weighted by atomic mass is 32.1. The van der Waals surface area contributed by atoms with Crippen molar-refractivity contribution < 1.29 is 14.6 Å². The number of hydrogen-bond donors (Lipinski definition) is 2. The van der Waals surface area contributed by atoms with Gasteiger partial charge in [-0.2, -0.15) is 5.10 Å². The van der Waals surface area contributed by atoms with E-state index in [4.69, 9.17) is 9.84 Å². The van der Waals surface area contributed by atoms with Crippen molar-refractivity contribution in [2.24, 2.45) is 0 Å². The maximum absolute atomic E-state index is 13.4. The third-order valence-corrected chi connectivity index (χ3v) is 8.20. The average molecular weight is 583 g/mol. The van der Waals surface area contributed by atoms with Crippen LogP contribution in [0.25, 0.3) is 32.6 Å². The van der Waals surface area contributed by atoms with Gasteiger partial charge >= 0.3 is 0 Å². The molecule has 0 unspecified atom stereocenters. The molecule has 216 valence electrons. The Morgan fingerprint density at radius 3 is 2.67 bits per heavy atom. The molecule has 0 atom stereocenters. The number of nitrogens with zero attached hydrogens (tertiary/aromatic N) is 5.